The summed E-state index contributed by atoms with van der Waals surface area (Å²) in [5.74, 6) is 1.42. The van der Waals surface area contributed by atoms with Crippen LogP contribution in [0, 0.1) is 10.1 Å². The Labute approximate surface area is 290 Å². The SMILES string of the molecule is CCOC(=O)C1=C(c2ccccc2)N=c2s/c(=C/c3ccc(-c4cc([N+](=O)[O-])ccc4OC)o3)c(=O)n2C1c1ccc(OCC)c(OCC)c1. The van der Waals surface area contributed by atoms with Crippen molar-refractivity contribution in [3.05, 3.63) is 131 Å². The smallest absolute Gasteiger partial charge is 0.338 e. The van der Waals surface area contributed by atoms with Gasteiger partial charge >= 0.3 is 5.97 Å². The number of nitro groups is 1. The molecule has 5 aromatic rings. The third kappa shape index (κ3) is 6.54. The van der Waals surface area contributed by atoms with Crippen LogP contribution in [0.1, 0.15) is 43.7 Å². The predicted molar refractivity (Wildman–Crippen MR) is 187 cm³/mol. The number of carbonyl (C=O) groups excluding carboxylic acids is 1. The molecule has 50 heavy (non-hydrogen) atoms. The highest BCUT2D eigenvalue weighted by molar-refractivity contribution is 7.07. The highest BCUT2D eigenvalue weighted by Crippen LogP contribution is 2.39. The molecule has 12 nitrogen and oxygen atoms in total. The lowest BCUT2D eigenvalue weighted by molar-refractivity contribution is -0.384. The van der Waals surface area contributed by atoms with Crippen LogP contribution >= 0.6 is 11.3 Å². The van der Waals surface area contributed by atoms with Crippen molar-refractivity contribution in [3.8, 4) is 28.6 Å². The van der Waals surface area contributed by atoms with Crippen molar-refractivity contribution in [2.45, 2.75) is 26.8 Å². The maximum atomic E-state index is 14.4. The number of hydrogen-bond acceptors (Lipinski definition) is 11. The first-order chi connectivity index (χ1) is 24.3. The number of thiazole rings is 1. The predicted octanol–water partition coefficient (Wildman–Crippen LogP) is 5.91. The van der Waals surface area contributed by atoms with E-state index in [2.05, 4.69) is 0 Å². The molecule has 0 bridgehead atoms. The van der Waals surface area contributed by atoms with Gasteiger partial charge in [-0.1, -0.05) is 47.7 Å². The van der Waals surface area contributed by atoms with E-state index in [0.717, 1.165) is 11.3 Å². The Morgan fingerprint density at radius 3 is 2.40 bits per heavy atom. The molecule has 0 radical (unpaired) electrons. The summed E-state index contributed by atoms with van der Waals surface area (Å²) in [4.78, 5) is 44.4. The fourth-order valence-electron chi connectivity index (χ4n) is 5.70. The van der Waals surface area contributed by atoms with Gasteiger partial charge in [0.2, 0.25) is 0 Å². The summed E-state index contributed by atoms with van der Waals surface area (Å²) in [7, 11) is 1.46. The topological polar surface area (TPSA) is 145 Å². The first-order valence-corrected chi connectivity index (χ1v) is 16.7. The van der Waals surface area contributed by atoms with Gasteiger partial charge in [0.15, 0.2) is 16.3 Å². The fraction of sp³-hybridized carbons (Fsp3) is 0.216. The number of non-ortho nitro benzene ring substituents is 1. The van der Waals surface area contributed by atoms with Crippen LogP contribution in [0.5, 0.6) is 17.2 Å². The van der Waals surface area contributed by atoms with Crippen molar-refractivity contribution in [3.63, 3.8) is 0 Å². The summed E-state index contributed by atoms with van der Waals surface area (Å²) in [6.45, 7) is 6.36. The summed E-state index contributed by atoms with van der Waals surface area (Å²) in [5.41, 5.74) is 1.69. The molecule has 0 amide bonds. The molecule has 1 aliphatic rings. The first kappa shape index (κ1) is 33.9. The number of fused-ring (bicyclic) bond motifs is 1. The molecule has 3 heterocycles. The largest absolute Gasteiger partial charge is 0.496 e. The molecule has 13 heteroatoms. The quantitative estimate of drug-likeness (QED) is 0.0884. The van der Waals surface area contributed by atoms with Gasteiger partial charge in [-0.2, -0.15) is 0 Å². The number of carbonyl (C=O) groups is 1. The first-order valence-electron chi connectivity index (χ1n) is 15.9. The molecule has 1 unspecified atom stereocenters. The Morgan fingerprint density at radius 1 is 0.960 bits per heavy atom. The van der Waals surface area contributed by atoms with Crippen LogP contribution in [0.4, 0.5) is 5.69 Å². The molecule has 6 rings (SSSR count). The Balaban J connectivity index is 1.56. The number of aromatic nitrogens is 1. The third-order valence-electron chi connectivity index (χ3n) is 7.82. The lowest BCUT2D eigenvalue weighted by Gasteiger charge is -2.26. The molecule has 0 spiro atoms. The van der Waals surface area contributed by atoms with Crippen LogP contribution < -0.4 is 29.1 Å². The number of furan rings is 1. The number of methoxy groups -OCH3 is 1. The van der Waals surface area contributed by atoms with Crippen LogP contribution in [0.15, 0.2) is 98.6 Å². The summed E-state index contributed by atoms with van der Waals surface area (Å²) in [6, 6.07) is 21.2. The Kier molecular flexibility index (Phi) is 9.95. The molecular weight excluding hydrogens is 662 g/mol. The normalized spacial score (nSPS) is 14.2. The number of hydrogen-bond donors (Lipinski definition) is 0. The fourth-order valence-corrected chi connectivity index (χ4v) is 6.68. The number of nitro benzene ring substituents is 1. The molecule has 3 aromatic carbocycles. The number of ether oxygens (including phenoxy) is 4. The highest BCUT2D eigenvalue weighted by atomic mass is 32.1. The molecule has 0 N–H and O–H groups in total. The molecule has 256 valence electrons. The van der Waals surface area contributed by atoms with Crippen molar-refractivity contribution in [2.24, 2.45) is 4.99 Å². The van der Waals surface area contributed by atoms with E-state index in [1.807, 2.05) is 44.2 Å². The van der Waals surface area contributed by atoms with Crippen LogP contribution in [0.25, 0.3) is 23.1 Å². The minimum atomic E-state index is -0.932. The molecule has 1 atom stereocenters. The molecule has 2 aromatic heterocycles. The number of esters is 1. The zero-order valence-corrected chi connectivity index (χ0v) is 28.5. The van der Waals surface area contributed by atoms with Crippen LogP contribution in [0.3, 0.4) is 0 Å². The van der Waals surface area contributed by atoms with Gasteiger partial charge in [-0.05, 0) is 56.7 Å². The summed E-state index contributed by atoms with van der Waals surface area (Å²) in [6.07, 6.45) is 1.58. The van der Waals surface area contributed by atoms with E-state index in [-0.39, 0.29) is 22.4 Å². The van der Waals surface area contributed by atoms with E-state index in [9.17, 15) is 19.7 Å². The maximum absolute atomic E-state index is 14.4. The average molecular weight is 696 g/mol. The lowest BCUT2D eigenvalue weighted by Crippen LogP contribution is -2.40. The van der Waals surface area contributed by atoms with E-state index < -0.39 is 22.5 Å². The van der Waals surface area contributed by atoms with Gasteiger partial charge in [0, 0.05) is 23.8 Å². The molecule has 0 fully saturated rings. The molecule has 0 saturated heterocycles. The van der Waals surface area contributed by atoms with Crippen LogP contribution in [-0.2, 0) is 9.53 Å². The van der Waals surface area contributed by atoms with E-state index >= 15 is 0 Å². The van der Waals surface area contributed by atoms with Crippen molar-refractivity contribution in [1.82, 2.24) is 4.57 Å². The summed E-state index contributed by atoms with van der Waals surface area (Å²) in [5, 5.41) is 11.4. The lowest BCUT2D eigenvalue weighted by atomic mass is 9.93. The van der Waals surface area contributed by atoms with Crippen molar-refractivity contribution >= 4 is 34.8 Å². The Bertz CT molecular complexity index is 2290. The van der Waals surface area contributed by atoms with Crippen LogP contribution in [-0.4, -0.2) is 42.4 Å². The maximum Gasteiger partial charge on any atom is 0.338 e. The Hall–Kier alpha value is -5.95. The standard InChI is InChI=1S/C37H33N3O9S/c1-5-46-29-16-13-23(19-30(29)47-6-2)34-32(36(42)48-7-3)33(22-11-9-8-10-12-22)38-37-39(34)35(41)31(50-37)21-25-15-18-28(49-25)26-20-24(40(43)44)14-17-27(26)45-4/h8-21,34H,5-7H2,1-4H3/b31-21+. The van der Waals surface area contributed by atoms with E-state index in [1.165, 1.54) is 29.9 Å². The zero-order valence-electron chi connectivity index (χ0n) is 27.7. The number of rotatable bonds is 12. The monoisotopic (exact) mass is 695 g/mol. The van der Waals surface area contributed by atoms with Gasteiger partial charge in [0.05, 0.1) is 59.3 Å². The van der Waals surface area contributed by atoms with Gasteiger partial charge in [0.25, 0.3) is 11.2 Å². The highest BCUT2D eigenvalue weighted by Gasteiger charge is 2.35. The van der Waals surface area contributed by atoms with Gasteiger partial charge < -0.3 is 23.4 Å². The van der Waals surface area contributed by atoms with Gasteiger partial charge in [0.1, 0.15) is 17.3 Å². The van der Waals surface area contributed by atoms with E-state index in [0.29, 0.717) is 69.2 Å². The van der Waals surface area contributed by atoms with Crippen molar-refractivity contribution in [2.75, 3.05) is 26.9 Å². The minimum absolute atomic E-state index is 0.116. The van der Waals surface area contributed by atoms with Gasteiger partial charge in [-0.25, -0.2) is 9.79 Å². The Morgan fingerprint density at radius 2 is 1.70 bits per heavy atom. The van der Waals surface area contributed by atoms with Gasteiger partial charge in [-0.15, -0.1) is 0 Å². The van der Waals surface area contributed by atoms with Crippen LogP contribution in [0.2, 0.25) is 0 Å². The van der Waals surface area contributed by atoms with Crippen molar-refractivity contribution in [1.29, 1.82) is 0 Å². The summed E-state index contributed by atoms with van der Waals surface area (Å²) >= 11 is 1.14. The van der Waals surface area contributed by atoms with Gasteiger partial charge in [-0.3, -0.25) is 19.5 Å². The second kappa shape index (κ2) is 14.7. The third-order valence-corrected chi connectivity index (χ3v) is 8.80. The molecule has 1 aliphatic heterocycles. The number of benzene rings is 3. The van der Waals surface area contributed by atoms with E-state index in [1.54, 1.807) is 43.3 Å². The number of nitrogens with zero attached hydrogens (tertiary/aromatic N) is 3. The minimum Gasteiger partial charge on any atom is -0.496 e. The average Bonchev–Trinajstić information content (AvgIpc) is 3.72. The molecule has 0 aliphatic carbocycles. The molecule has 0 saturated carbocycles. The zero-order chi connectivity index (χ0) is 35.4. The van der Waals surface area contributed by atoms with Crippen molar-refractivity contribution < 1.29 is 33.1 Å². The second-order valence-electron chi connectivity index (χ2n) is 10.8. The van der Waals surface area contributed by atoms with E-state index in [4.69, 9.17) is 28.4 Å². The second-order valence-corrected chi connectivity index (χ2v) is 11.9. The summed E-state index contributed by atoms with van der Waals surface area (Å²) < 4.78 is 30.5. The molecular formula is C37H33N3O9S.